The van der Waals surface area contributed by atoms with E-state index in [0.717, 1.165) is 10.1 Å². The maximum atomic E-state index is 12.9. The first-order valence-corrected chi connectivity index (χ1v) is 7.17. The van der Waals surface area contributed by atoms with Gasteiger partial charge in [0.15, 0.2) is 0 Å². The van der Waals surface area contributed by atoms with Crippen LogP contribution in [0.5, 0.6) is 0 Å². The number of fused-ring (bicyclic) bond motifs is 1. The molecule has 3 N–H and O–H groups in total. The first-order chi connectivity index (χ1) is 10.7. The molecule has 1 aliphatic heterocycles. The number of nitrogens with zero attached hydrogens (tertiary/aromatic N) is 2. The van der Waals surface area contributed by atoms with Gasteiger partial charge in [-0.15, -0.1) is 0 Å². The number of nitrogens with two attached hydrogens (primary N) is 1. The van der Waals surface area contributed by atoms with Gasteiger partial charge >= 0.3 is 0 Å². The van der Waals surface area contributed by atoms with Gasteiger partial charge in [0, 0.05) is 12.1 Å². The van der Waals surface area contributed by atoms with Crippen molar-refractivity contribution in [3.63, 3.8) is 0 Å². The molecule has 2 amide bonds. The Morgan fingerprint density at radius 2 is 2.00 bits per heavy atom. The standard InChI is InChI=1S/C15H15BN4O3/c1-7-5-9(17)12-10(6-7)18-8(2)20(13(12)22)15(16)4-3-11(21)19-14(15)23/h5-6H,3-4,17H2,1-2H3,(H,19,21,23)/t15-/m1/s1. The van der Waals surface area contributed by atoms with E-state index in [1.165, 1.54) is 0 Å². The van der Waals surface area contributed by atoms with Crippen molar-refractivity contribution in [1.29, 1.82) is 0 Å². The molecule has 8 heteroatoms. The Morgan fingerprint density at radius 3 is 2.65 bits per heavy atom. The topological polar surface area (TPSA) is 107 Å². The number of nitrogens with one attached hydrogen (secondary N) is 1. The number of aryl methyl sites for hydroxylation is 2. The van der Waals surface area contributed by atoms with Crippen molar-refractivity contribution >= 4 is 36.3 Å². The number of imide groups is 1. The van der Waals surface area contributed by atoms with Crippen molar-refractivity contribution in [2.45, 2.75) is 32.1 Å². The number of hydrogen-bond donors (Lipinski definition) is 2. The van der Waals surface area contributed by atoms with Gasteiger partial charge in [-0.2, -0.15) is 0 Å². The highest BCUT2D eigenvalue weighted by Crippen LogP contribution is 2.25. The Balaban J connectivity index is 2.33. The first kappa shape index (κ1) is 15.3. The second-order valence-electron chi connectivity index (χ2n) is 5.85. The fraction of sp³-hybridized carbons (Fsp3) is 0.333. The molecule has 1 fully saturated rings. The second kappa shape index (κ2) is 4.94. The maximum absolute atomic E-state index is 12.9. The average molecular weight is 310 g/mol. The van der Waals surface area contributed by atoms with Crippen molar-refractivity contribution in [1.82, 2.24) is 14.9 Å². The number of anilines is 1. The minimum atomic E-state index is -1.66. The van der Waals surface area contributed by atoms with Crippen LogP contribution in [0.15, 0.2) is 16.9 Å². The summed E-state index contributed by atoms with van der Waals surface area (Å²) in [5.74, 6) is -0.837. The third-order valence-electron chi connectivity index (χ3n) is 4.09. The molecule has 0 aliphatic carbocycles. The molecule has 1 saturated heterocycles. The lowest BCUT2D eigenvalue weighted by molar-refractivity contribution is -0.137. The number of piperidine rings is 1. The zero-order chi connectivity index (χ0) is 16.9. The predicted molar refractivity (Wildman–Crippen MR) is 86.0 cm³/mol. The van der Waals surface area contributed by atoms with E-state index in [0.29, 0.717) is 11.3 Å². The highest BCUT2D eigenvalue weighted by molar-refractivity contribution is 6.28. The van der Waals surface area contributed by atoms with E-state index in [9.17, 15) is 14.4 Å². The highest BCUT2D eigenvalue weighted by atomic mass is 16.2. The SMILES string of the molecule is [B][C@@]1(n2c(C)nc3cc(C)cc(N)c3c2=O)CCC(=O)NC1=O. The number of carbonyl (C=O) groups is 2. The summed E-state index contributed by atoms with van der Waals surface area (Å²) in [7, 11) is 6.18. The lowest BCUT2D eigenvalue weighted by atomic mass is 9.71. The molecule has 1 atom stereocenters. The lowest BCUT2D eigenvalue weighted by Gasteiger charge is -2.35. The van der Waals surface area contributed by atoms with Crippen LogP contribution in [0.1, 0.15) is 24.2 Å². The summed E-state index contributed by atoms with van der Waals surface area (Å²) in [4.78, 5) is 40.9. The van der Waals surface area contributed by atoms with Crippen molar-refractivity contribution in [3.05, 3.63) is 33.9 Å². The molecule has 2 aromatic rings. The molecule has 116 valence electrons. The van der Waals surface area contributed by atoms with Crippen LogP contribution >= 0.6 is 0 Å². The molecule has 2 radical (unpaired) electrons. The number of aromatic nitrogens is 2. The van der Waals surface area contributed by atoms with E-state index in [1.54, 1.807) is 19.1 Å². The molecule has 7 nitrogen and oxygen atoms in total. The molecule has 1 aromatic heterocycles. The monoisotopic (exact) mass is 310 g/mol. The van der Waals surface area contributed by atoms with Crippen LogP contribution in [0.3, 0.4) is 0 Å². The van der Waals surface area contributed by atoms with E-state index in [1.807, 2.05) is 6.92 Å². The lowest BCUT2D eigenvalue weighted by Crippen LogP contribution is -2.58. The smallest absolute Gasteiger partial charge is 0.263 e. The van der Waals surface area contributed by atoms with E-state index in [4.69, 9.17) is 13.6 Å². The van der Waals surface area contributed by atoms with Crippen LogP contribution in [-0.2, 0) is 15.0 Å². The molecule has 0 bridgehead atoms. The molecule has 23 heavy (non-hydrogen) atoms. The highest BCUT2D eigenvalue weighted by Gasteiger charge is 2.41. The van der Waals surface area contributed by atoms with Crippen LogP contribution in [0.4, 0.5) is 5.69 Å². The van der Waals surface area contributed by atoms with Gasteiger partial charge in [-0.05, 0) is 38.0 Å². The van der Waals surface area contributed by atoms with Gasteiger partial charge in [-0.25, -0.2) is 4.98 Å². The third-order valence-corrected chi connectivity index (χ3v) is 4.09. The number of nitrogen functional groups attached to an aromatic ring is 1. The summed E-state index contributed by atoms with van der Waals surface area (Å²) in [6.45, 7) is 3.45. The number of carbonyl (C=O) groups excluding carboxylic acids is 2. The molecular weight excluding hydrogens is 295 g/mol. The van der Waals surface area contributed by atoms with E-state index >= 15 is 0 Å². The summed E-state index contributed by atoms with van der Waals surface area (Å²) >= 11 is 0. The fourth-order valence-corrected chi connectivity index (χ4v) is 3.00. The number of benzene rings is 1. The van der Waals surface area contributed by atoms with Crippen LogP contribution in [0, 0.1) is 13.8 Å². The quantitative estimate of drug-likeness (QED) is 0.433. The Morgan fingerprint density at radius 1 is 1.30 bits per heavy atom. The third kappa shape index (κ3) is 2.21. The molecule has 3 rings (SSSR count). The summed E-state index contributed by atoms with van der Waals surface area (Å²) in [5, 5.41) is 2.39. The van der Waals surface area contributed by atoms with Crippen LogP contribution in [0.2, 0.25) is 0 Å². The summed E-state index contributed by atoms with van der Waals surface area (Å²) in [6.07, 6.45) is 0.0763. The molecule has 1 aliphatic rings. The Bertz CT molecular complexity index is 921. The van der Waals surface area contributed by atoms with Gasteiger partial charge in [-0.3, -0.25) is 24.3 Å². The number of rotatable bonds is 1. The maximum Gasteiger partial charge on any atom is 0.263 e. The molecule has 1 aromatic carbocycles. The number of hydrogen-bond acceptors (Lipinski definition) is 5. The van der Waals surface area contributed by atoms with Crippen molar-refractivity contribution in [2.75, 3.05) is 5.73 Å². The van der Waals surface area contributed by atoms with Gasteiger partial charge in [-0.1, -0.05) is 0 Å². The van der Waals surface area contributed by atoms with Crippen LogP contribution < -0.4 is 16.6 Å². The van der Waals surface area contributed by atoms with Gasteiger partial charge in [0.25, 0.3) is 5.56 Å². The van der Waals surface area contributed by atoms with Gasteiger partial charge in [0.2, 0.25) is 11.8 Å². The average Bonchev–Trinajstić information content (AvgIpc) is 2.42. The second-order valence-corrected chi connectivity index (χ2v) is 5.85. The largest absolute Gasteiger partial charge is 0.398 e. The number of amides is 2. The predicted octanol–water partition coefficient (Wildman–Crippen LogP) is -0.147. The fourth-order valence-electron chi connectivity index (χ4n) is 3.00. The zero-order valence-corrected chi connectivity index (χ0v) is 12.8. The molecule has 0 spiro atoms. The van der Waals surface area contributed by atoms with E-state index < -0.39 is 22.8 Å². The van der Waals surface area contributed by atoms with E-state index in [2.05, 4.69) is 10.3 Å². The first-order valence-electron chi connectivity index (χ1n) is 7.17. The van der Waals surface area contributed by atoms with Crippen molar-refractivity contribution < 1.29 is 9.59 Å². The van der Waals surface area contributed by atoms with Crippen molar-refractivity contribution in [3.8, 4) is 0 Å². The molecular formula is C15H15BN4O3. The molecule has 2 heterocycles. The van der Waals surface area contributed by atoms with E-state index in [-0.39, 0.29) is 23.9 Å². The minimum absolute atomic E-state index is 0.0252. The van der Waals surface area contributed by atoms with Crippen LogP contribution in [-0.4, -0.2) is 29.2 Å². The summed E-state index contributed by atoms with van der Waals surface area (Å²) < 4.78 is 1.13. The summed E-state index contributed by atoms with van der Waals surface area (Å²) in [5.41, 5.74) is 5.42. The van der Waals surface area contributed by atoms with Gasteiger partial charge < -0.3 is 5.73 Å². The zero-order valence-electron chi connectivity index (χ0n) is 12.8. The molecule has 0 saturated carbocycles. The normalized spacial score (nSPS) is 21.5. The Kier molecular flexibility index (Phi) is 3.28. The van der Waals surface area contributed by atoms with Crippen molar-refractivity contribution in [2.24, 2.45) is 0 Å². The summed E-state index contributed by atoms with van der Waals surface area (Å²) in [6, 6.07) is 3.41. The van der Waals surface area contributed by atoms with Gasteiger partial charge in [0.1, 0.15) is 13.7 Å². The Labute approximate surface area is 133 Å². The Hall–Kier alpha value is -2.64. The van der Waals surface area contributed by atoms with Gasteiger partial charge in [0.05, 0.1) is 16.3 Å². The minimum Gasteiger partial charge on any atom is -0.398 e. The molecule has 0 unspecified atom stereocenters. The van der Waals surface area contributed by atoms with Crippen LogP contribution in [0.25, 0.3) is 10.9 Å².